The van der Waals surface area contributed by atoms with E-state index < -0.39 is 0 Å². The number of nitrogens with one attached hydrogen (secondary N) is 1. The van der Waals surface area contributed by atoms with Gasteiger partial charge in [0, 0.05) is 5.56 Å². The van der Waals surface area contributed by atoms with Crippen LogP contribution >= 0.6 is 11.3 Å². The molecule has 106 valence electrons. The van der Waals surface area contributed by atoms with Crippen LogP contribution in [0, 0.1) is 0 Å². The van der Waals surface area contributed by atoms with E-state index in [1.54, 1.807) is 0 Å². The summed E-state index contributed by atoms with van der Waals surface area (Å²) in [7, 11) is 0. The topological polar surface area (TPSA) is 45.7 Å². The minimum Gasteiger partial charge on any atom is -0.346 e. The number of rotatable bonds is 7. The molecule has 1 amide bonds. The monoisotopic (exact) mass is 289 g/mol. The number of amides is 1. The van der Waals surface area contributed by atoms with Crippen LogP contribution in [-0.2, 0) is 13.0 Å². The van der Waals surface area contributed by atoms with Crippen molar-refractivity contribution >= 4 is 17.2 Å². The van der Waals surface area contributed by atoms with Crippen LogP contribution in [0.2, 0.25) is 0 Å². The molecule has 0 saturated carbocycles. The molecule has 0 saturated heterocycles. The highest BCUT2D eigenvalue weighted by Crippen LogP contribution is 2.07. The Kier molecular flexibility index (Phi) is 5.77. The summed E-state index contributed by atoms with van der Waals surface area (Å²) in [6.07, 6.45) is 1.08. The lowest BCUT2D eigenvalue weighted by atomic mass is 10.1. The van der Waals surface area contributed by atoms with Gasteiger partial charge in [0.25, 0.3) is 5.91 Å². The first-order valence-corrected chi connectivity index (χ1v) is 7.88. The summed E-state index contributed by atoms with van der Waals surface area (Å²) in [5, 5.41) is 7.07. The van der Waals surface area contributed by atoms with Crippen LogP contribution in [-0.4, -0.2) is 19.0 Å². The van der Waals surface area contributed by atoms with Gasteiger partial charge in [-0.1, -0.05) is 37.3 Å². The van der Waals surface area contributed by atoms with Gasteiger partial charge >= 0.3 is 0 Å². The summed E-state index contributed by atoms with van der Waals surface area (Å²) in [5.41, 5.74) is 2.70. The van der Waals surface area contributed by atoms with Crippen LogP contribution in [0.25, 0.3) is 0 Å². The Balaban J connectivity index is 1.62. The van der Waals surface area contributed by atoms with Gasteiger partial charge in [-0.25, -0.2) is 0 Å². The molecule has 0 aliphatic rings. The van der Waals surface area contributed by atoms with E-state index in [4.69, 9.17) is 0 Å². The number of nitrogens with two attached hydrogens (primary N) is 1. The molecule has 0 unspecified atom stereocenters. The predicted molar refractivity (Wildman–Crippen MR) is 83.0 cm³/mol. The first-order chi connectivity index (χ1) is 9.79. The van der Waals surface area contributed by atoms with Crippen molar-refractivity contribution in [2.24, 2.45) is 0 Å². The summed E-state index contributed by atoms with van der Waals surface area (Å²) in [6.45, 7) is 4.71. The predicted octanol–water partition coefficient (Wildman–Crippen LogP) is 1.80. The lowest BCUT2D eigenvalue weighted by Gasteiger charge is -2.04. The average Bonchev–Trinajstić information content (AvgIpc) is 3.01. The second-order valence-corrected chi connectivity index (χ2v) is 5.63. The third-order valence-electron chi connectivity index (χ3n) is 3.19. The zero-order valence-corrected chi connectivity index (χ0v) is 12.6. The molecule has 1 aromatic heterocycles. The molecule has 0 bridgehead atoms. The Morgan fingerprint density at radius 2 is 1.95 bits per heavy atom. The fraction of sp³-hybridized carbons (Fsp3) is 0.312. The van der Waals surface area contributed by atoms with E-state index >= 15 is 0 Å². The molecule has 4 heteroatoms. The highest BCUT2D eigenvalue weighted by Gasteiger charge is 2.05. The number of benzene rings is 1. The molecule has 2 aromatic rings. The average molecular weight is 289 g/mol. The van der Waals surface area contributed by atoms with Crippen molar-refractivity contribution in [2.75, 3.05) is 13.1 Å². The Morgan fingerprint density at radius 3 is 2.60 bits per heavy atom. The highest BCUT2D eigenvalue weighted by molar-refractivity contribution is 7.12. The Labute approximate surface area is 124 Å². The maximum Gasteiger partial charge on any atom is 0.261 e. The van der Waals surface area contributed by atoms with Gasteiger partial charge < -0.3 is 10.6 Å². The van der Waals surface area contributed by atoms with Crippen molar-refractivity contribution < 1.29 is 10.1 Å². The molecule has 1 heterocycles. The summed E-state index contributed by atoms with van der Waals surface area (Å²) < 4.78 is 0. The van der Waals surface area contributed by atoms with E-state index in [2.05, 4.69) is 41.8 Å². The Bertz CT molecular complexity index is 520. The standard InChI is InChI=1S/C16H20N2OS/c1-2-13-5-7-14(8-6-13)12-17-9-10-18-16(19)15-4-3-11-20-15/h3-8,11,17H,2,9-10,12H2,1H3,(H,18,19)/p+1. The molecule has 3 N–H and O–H groups in total. The van der Waals surface area contributed by atoms with Crippen LogP contribution in [0.3, 0.4) is 0 Å². The largest absolute Gasteiger partial charge is 0.346 e. The number of carbonyl (C=O) groups is 1. The normalized spacial score (nSPS) is 10.4. The summed E-state index contributed by atoms with van der Waals surface area (Å²) in [6, 6.07) is 12.5. The van der Waals surface area contributed by atoms with Crippen molar-refractivity contribution in [3.8, 4) is 0 Å². The van der Waals surface area contributed by atoms with E-state index in [0.29, 0.717) is 6.54 Å². The van der Waals surface area contributed by atoms with Gasteiger partial charge in [-0.2, -0.15) is 0 Å². The van der Waals surface area contributed by atoms with E-state index in [-0.39, 0.29) is 5.91 Å². The number of thiophene rings is 1. The fourth-order valence-corrected chi connectivity index (χ4v) is 2.60. The number of quaternary nitrogens is 1. The minimum atomic E-state index is 0.0284. The van der Waals surface area contributed by atoms with Gasteiger partial charge in [0.1, 0.15) is 6.54 Å². The summed E-state index contributed by atoms with van der Waals surface area (Å²) >= 11 is 1.47. The van der Waals surface area contributed by atoms with Crippen molar-refractivity contribution in [3.63, 3.8) is 0 Å². The molecule has 0 atom stereocenters. The number of aryl methyl sites for hydroxylation is 1. The van der Waals surface area contributed by atoms with Crippen molar-refractivity contribution in [2.45, 2.75) is 19.9 Å². The zero-order valence-electron chi connectivity index (χ0n) is 11.8. The Morgan fingerprint density at radius 1 is 1.20 bits per heavy atom. The molecule has 0 aliphatic carbocycles. The number of carbonyl (C=O) groups excluding carboxylic acids is 1. The maximum absolute atomic E-state index is 11.7. The smallest absolute Gasteiger partial charge is 0.261 e. The van der Waals surface area contributed by atoms with Crippen LogP contribution in [0.4, 0.5) is 0 Å². The molecule has 1 aromatic carbocycles. The molecule has 0 fully saturated rings. The summed E-state index contributed by atoms with van der Waals surface area (Å²) in [4.78, 5) is 12.5. The molecule has 3 nitrogen and oxygen atoms in total. The molecular weight excluding hydrogens is 268 g/mol. The zero-order chi connectivity index (χ0) is 14.2. The maximum atomic E-state index is 11.7. The summed E-state index contributed by atoms with van der Waals surface area (Å²) in [5.74, 6) is 0.0284. The van der Waals surface area contributed by atoms with Crippen LogP contribution in [0.5, 0.6) is 0 Å². The number of hydrogen-bond donors (Lipinski definition) is 2. The van der Waals surface area contributed by atoms with Gasteiger partial charge in [-0.05, 0) is 23.4 Å². The van der Waals surface area contributed by atoms with Crippen LogP contribution < -0.4 is 10.6 Å². The minimum absolute atomic E-state index is 0.0284. The molecule has 0 radical (unpaired) electrons. The third kappa shape index (κ3) is 4.47. The lowest BCUT2D eigenvalue weighted by molar-refractivity contribution is -0.668. The lowest BCUT2D eigenvalue weighted by Crippen LogP contribution is -2.84. The molecule has 0 spiro atoms. The Hall–Kier alpha value is -1.65. The first-order valence-electron chi connectivity index (χ1n) is 7.00. The molecule has 2 rings (SSSR count). The fourth-order valence-electron chi connectivity index (χ4n) is 1.96. The third-order valence-corrected chi connectivity index (χ3v) is 4.06. The number of hydrogen-bond acceptors (Lipinski definition) is 2. The van der Waals surface area contributed by atoms with Gasteiger partial charge in [0.15, 0.2) is 0 Å². The molecule has 20 heavy (non-hydrogen) atoms. The van der Waals surface area contributed by atoms with Gasteiger partial charge in [-0.3, -0.25) is 4.79 Å². The highest BCUT2D eigenvalue weighted by atomic mass is 32.1. The van der Waals surface area contributed by atoms with Crippen molar-refractivity contribution in [3.05, 3.63) is 57.8 Å². The SMILES string of the molecule is CCc1ccc(C[NH2+]CCNC(=O)c2cccs2)cc1. The van der Waals surface area contributed by atoms with Crippen LogP contribution in [0.1, 0.15) is 27.7 Å². The van der Waals surface area contributed by atoms with E-state index in [1.165, 1.54) is 22.5 Å². The van der Waals surface area contributed by atoms with Crippen molar-refractivity contribution in [1.82, 2.24) is 5.32 Å². The quantitative estimate of drug-likeness (QED) is 0.750. The second-order valence-electron chi connectivity index (χ2n) is 4.68. The van der Waals surface area contributed by atoms with Gasteiger partial charge in [-0.15, -0.1) is 11.3 Å². The van der Waals surface area contributed by atoms with E-state index in [1.807, 2.05) is 17.5 Å². The second kappa shape index (κ2) is 7.82. The molecule has 0 aliphatic heterocycles. The van der Waals surface area contributed by atoms with E-state index in [0.717, 1.165) is 24.4 Å². The molecular formula is C16H21N2OS+. The van der Waals surface area contributed by atoms with Crippen LogP contribution in [0.15, 0.2) is 41.8 Å². The van der Waals surface area contributed by atoms with Gasteiger partial charge in [0.2, 0.25) is 0 Å². The van der Waals surface area contributed by atoms with Crippen molar-refractivity contribution in [1.29, 1.82) is 0 Å². The van der Waals surface area contributed by atoms with E-state index in [9.17, 15) is 4.79 Å². The first kappa shape index (κ1) is 14.8. The van der Waals surface area contributed by atoms with Gasteiger partial charge in [0.05, 0.1) is 18.0 Å².